The smallest absolute Gasteiger partial charge is 0.276 e. The molecule has 0 bridgehead atoms. The largest absolute Gasteiger partial charge is 0.360 e. The van der Waals surface area contributed by atoms with Crippen molar-refractivity contribution in [2.45, 2.75) is 18.8 Å². The van der Waals surface area contributed by atoms with Gasteiger partial charge in [0.1, 0.15) is 5.76 Å². The first-order valence-corrected chi connectivity index (χ1v) is 9.78. The Morgan fingerprint density at radius 3 is 2.66 bits per heavy atom. The third-order valence-electron chi connectivity index (χ3n) is 5.20. The van der Waals surface area contributed by atoms with E-state index in [2.05, 4.69) is 30.6 Å². The summed E-state index contributed by atoms with van der Waals surface area (Å²) in [5.41, 5.74) is 1.27. The summed E-state index contributed by atoms with van der Waals surface area (Å²) in [6, 6.07) is 9.40. The minimum absolute atomic E-state index is 0.0672. The second-order valence-electron chi connectivity index (χ2n) is 7.31. The number of hydrogen-bond acceptors (Lipinski definition) is 8. The minimum atomic E-state index is -0.0672. The number of pyridine rings is 1. The highest BCUT2D eigenvalue weighted by molar-refractivity contribution is 5.92. The second kappa shape index (κ2) is 7.50. The summed E-state index contributed by atoms with van der Waals surface area (Å²) in [5.74, 6) is 2.68. The van der Waals surface area contributed by atoms with Gasteiger partial charge in [0, 0.05) is 44.4 Å². The summed E-state index contributed by atoms with van der Waals surface area (Å²) in [4.78, 5) is 20.7. The van der Waals surface area contributed by atoms with Gasteiger partial charge in [-0.1, -0.05) is 5.16 Å². The molecule has 0 aromatic carbocycles. The molecule has 2 fully saturated rings. The maximum absolute atomic E-state index is 12.7. The quantitative estimate of drug-likeness (QED) is 0.708. The Morgan fingerprint density at radius 1 is 1.10 bits per heavy atom. The van der Waals surface area contributed by atoms with E-state index in [0.717, 1.165) is 30.1 Å². The fraction of sp³-hybridized carbons (Fsp3) is 0.350. The molecule has 1 amide bonds. The molecule has 2 aliphatic rings. The molecule has 1 saturated carbocycles. The first kappa shape index (κ1) is 17.6. The molecular formula is C20H21N7O2. The summed E-state index contributed by atoms with van der Waals surface area (Å²) in [6.07, 6.45) is 5.70. The van der Waals surface area contributed by atoms with E-state index >= 15 is 0 Å². The number of nitrogens with one attached hydrogen (secondary N) is 1. The molecule has 0 radical (unpaired) electrons. The van der Waals surface area contributed by atoms with Gasteiger partial charge < -0.3 is 19.6 Å². The van der Waals surface area contributed by atoms with Gasteiger partial charge in [0.15, 0.2) is 17.3 Å². The predicted octanol–water partition coefficient (Wildman–Crippen LogP) is 2.44. The number of anilines is 3. The Kier molecular flexibility index (Phi) is 4.55. The number of rotatable bonds is 5. The van der Waals surface area contributed by atoms with Crippen molar-refractivity contribution in [1.29, 1.82) is 0 Å². The van der Waals surface area contributed by atoms with Gasteiger partial charge in [-0.05, 0) is 37.1 Å². The van der Waals surface area contributed by atoms with Crippen molar-refractivity contribution in [3.8, 4) is 0 Å². The molecule has 1 aliphatic carbocycles. The van der Waals surface area contributed by atoms with Crippen molar-refractivity contribution in [3.05, 3.63) is 54.2 Å². The minimum Gasteiger partial charge on any atom is -0.360 e. The van der Waals surface area contributed by atoms with Crippen molar-refractivity contribution in [2.24, 2.45) is 0 Å². The maximum atomic E-state index is 12.7. The molecule has 4 heterocycles. The average Bonchev–Trinajstić information content (AvgIpc) is 3.51. The van der Waals surface area contributed by atoms with Crippen LogP contribution in [0.1, 0.15) is 35.0 Å². The lowest BCUT2D eigenvalue weighted by Crippen LogP contribution is -2.49. The summed E-state index contributed by atoms with van der Waals surface area (Å²) >= 11 is 0. The van der Waals surface area contributed by atoms with Crippen LogP contribution in [0.2, 0.25) is 0 Å². The maximum Gasteiger partial charge on any atom is 0.276 e. The molecular weight excluding hydrogens is 370 g/mol. The highest BCUT2D eigenvalue weighted by atomic mass is 16.5. The molecule has 148 valence electrons. The Labute approximate surface area is 167 Å². The van der Waals surface area contributed by atoms with Gasteiger partial charge in [-0.25, -0.2) is 0 Å². The molecule has 0 unspecified atom stereocenters. The van der Waals surface area contributed by atoms with Crippen LogP contribution >= 0.6 is 0 Å². The molecule has 1 aliphatic heterocycles. The number of aromatic nitrogens is 4. The fourth-order valence-corrected chi connectivity index (χ4v) is 3.40. The van der Waals surface area contributed by atoms with Gasteiger partial charge in [-0.2, -0.15) is 0 Å². The van der Waals surface area contributed by atoms with Crippen molar-refractivity contribution in [1.82, 2.24) is 25.2 Å². The standard InChI is InChI=1S/C20H21N7O2/c28-20(16-12-17(29-25-16)14-3-4-14)27-10-8-26(9-11-27)19-6-5-18(23-24-19)22-15-2-1-7-21-13-15/h1-2,5-7,12-14H,3-4,8-11H2,(H,22,23). The van der Waals surface area contributed by atoms with E-state index in [9.17, 15) is 4.79 Å². The third-order valence-corrected chi connectivity index (χ3v) is 5.20. The van der Waals surface area contributed by atoms with Gasteiger partial charge in [-0.3, -0.25) is 9.78 Å². The van der Waals surface area contributed by atoms with E-state index in [0.29, 0.717) is 43.6 Å². The molecule has 3 aromatic rings. The van der Waals surface area contributed by atoms with Crippen LogP contribution in [-0.2, 0) is 0 Å². The van der Waals surface area contributed by atoms with Crippen LogP contribution < -0.4 is 10.2 Å². The second-order valence-corrected chi connectivity index (χ2v) is 7.31. The highest BCUT2D eigenvalue weighted by Crippen LogP contribution is 2.40. The molecule has 29 heavy (non-hydrogen) atoms. The van der Waals surface area contributed by atoms with Gasteiger partial charge in [0.2, 0.25) is 0 Å². The number of nitrogens with zero attached hydrogens (tertiary/aromatic N) is 6. The lowest BCUT2D eigenvalue weighted by atomic mass is 10.2. The summed E-state index contributed by atoms with van der Waals surface area (Å²) < 4.78 is 5.31. The number of piperazine rings is 1. The Balaban J connectivity index is 1.17. The lowest BCUT2D eigenvalue weighted by Gasteiger charge is -2.34. The number of amides is 1. The number of carbonyl (C=O) groups excluding carboxylic acids is 1. The summed E-state index contributed by atoms with van der Waals surface area (Å²) in [7, 11) is 0. The molecule has 0 atom stereocenters. The normalized spacial score (nSPS) is 16.7. The van der Waals surface area contributed by atoms with E-state index in [1.54, 1.807) is 18.5 Å². The first-order chi connectivity index (χ1) is 14.3. The Morgan fingerprint density at radius 2 is 1.97 bits per heavy atom. The van der Waals surface area contributed by atoms with Crippen LogP contribution in [0.4, 0.5) is 17.3 Å². The zero-order chi connectivity index (χ0) is 19.6. The average molecular weight is 391 g/mol. The molecule has 5 rings (SSSR count). The zero-order valence-electron chi connectivity index (χ0n) is 15.9. The fourth-order valence-electron chi connectivity index (χ4n) is 3.40. The van der Waals surface area contributed by atoms with Crippen molar-refractivity contribution in [2.75, 3.05) is 36.4 Å². The number of carbonyl (C=O) groups is 1. The molecule has 9 nitrogen and oxygen atoms in total. The van der Waals surface area contributed by atoms with Crippen LogP contribution in [0.3, 0.4) is 0 Å². The van der Waals surface area contributed by atoms with E-state index in [1.165, 1.54) is 0 Å². The van der Waals surface area contributed by atoms with Gasteiger partial charge in [-0.15, -0.1) is 10.2 Å². The molecule has 1 N–H and O–H groups in total. The molecule has 1 saturated heterocycles. The van der Waals surface area contributed by atoms with Crippen LogP contribution in [0.25, 0.3) is 0 Å². The Hall–Kier alpha value is -3.49. The van der Waals surface area contributed by atoms with Crippen LogP contribution in [0, 0.1) is 0 Å². The molecule has 3 aromatic heterocycles. The van der Waals surface area contributed by atoms with Crippen LogP contribution in [0.5, 0.6) is 0 Å². The van der Waals surface area contributed by atoms with Gasteiger partial charge in [0.25, 0.3) is 5.91 Å². The van der Waals surface area contributed by atoms with Gasteiger partial charge >= 0.3 is 0 Å². The SMILES string of the molecule is O=C(c1cc(C2CC2)on1)N1CCN(c2ccc(Nc3cccnc3)nn2)CC1. The molecule has 0 spiro atoms. The van der Waals surface area contributed by atoms with E-state index in [1.807, 2.05) is 29.2 Å². The van der Waals surface area contributed by atoms with Crippen molar-refractivity contribution in [3.63, 3.8) is 0 Å². The monoisotopic (exact) mass is 391 g/mol. The van der Waals surface area contributed by atoms with Crippen LogP contribution in [-0.4, -0.2) is 57.3 Å². The van der Waals surface area contributed by atoms with E-state index in [4.69, 9.17) is 4.52 Å². The van der Waals surface area contributed by atoms with Crippen LogP contribution in [0.15, 0.2) is 47.2 Å². The first-order valence-electron chi connectivity index (χ1n) is 9.78. The lowest BCUT2D eigenvalue weighted by molar-refractivity contribution is 0.0736. The topological polar surface area (TPSA) is 100 Å². The van der Waals surface area contributed by atoms with E-state index in [-0.39, 0.29) is 5.91 Å². The van der Waals surface area contributed by atoms with Gasteiger partial charge in [0.05, 0.1) is 11.9 Å². The Bertz CT molecular complexity index is 978. The van der Waals surface area contributed by atoms with Crippen molar-refractivity contribution < 1.29 is 9.32 Å². The van der Waals surface area contributed by atoms with E-state index < -0.39 is 0 Å². The predicted molar refractivity (Wildman–Crippen MR) is 106 cm³/mol. The summed E-state index contributed by atoms with van der Waals surface area (Å²) in [5, 5.41) is 15.7. The highest BCUT2D eigenvalue weighted by Gasteiger charge is 2.30. The number of hydrogen-bond donors (Lipinski definition) is 1. The molecule has 9 heteroatoms. The zero-order valence-corrected chi connectivity index (χ0v) is 15.9. The third kappa shape index (κ3) is 3.89. The van der Waals surface area contributed by atoms with Crippen molar-refractivity contribution >= 4 is 23.2 Å². The summed E-state index contributed by atoms with van der Waals surface area (Å²) in [6.45, 7) is 2.62.